The van der Waals surface area contributed by atoms with Crippen LogP contribution >= 0.6 is 0 Å². The van der Waals surface area contributed by atoms with Gasteiger partial charge in [0.1, 0.15) is 6.07 Å². The normalized spacial score (nSPS) is 15.1. The van der Waals surface area contributed by atoms with Crippen molar-refractivity contribution >= 4 is 11.6 Å². The topological polar surface area (TPSA) is 78.5 Å². The van der Waals surface area contributed by atoms with Crippen LogP contribution in [0.5, 0.6) is 0 Å². The lowest BCUT2D eigenvalue weighted by atomic mass is 9.93. The van der Waals surface area contributed by atoms with E-state index in [-0.39, 0.29) is 23.4 Å². The molecular formula is C23H26N4O2. The molecule has 29 heavy (non-hydrogen) atoms. The Morgan fingerprint density at radius 1 is 1.21 bits per heavy atom. The fourth-order valence-corrected chi connectivity index (χ4v) is 3.75. The maximum Gasteiger partial charge on any atom is 0.250 e. The van der Waals surface area contributed by atoms with Gasteiger partial charge in [0.25, 0.3) is 5.56 Å². The quantitative estimate of drug-likeness (QED) is 0.783. The number of aryl methyl sites for hydroxylation is 3. The Balaban J connectivity index is 1.70. The summed E-state index contributed by atoms with van der Waals surface area (Å²) in [5.74, 6) is -0.0566. The lowest BCUT2D eigenvalue weighted by molar-refractivity contribution is -0.135. The Morgan fingerprint density at radius 3 is 2.55 bits per heavy atom. The first-order valence-corrected chi connectivity index (χ1v) is 9.79. The minimum atomic E-state index is -0.387. The van der Waals surface area contributed by atoms with Crippen molar-refractivity contribution in [2.75, 3.05) is 0 Å². The maximum atomic E-state index is 12.8. The Morgan fingerprint density at radius 2 is 1.90 bits per heavy atom. The van der Waals surface area contributed by atoms with Gasteiger partial charge in [0.2, 0.25) is 5.91 Å². The zero-order chi connectivity index (χ0) is 21.2. The molecule has 6 nitrogen and oxygen atoms in total. The van der Waals surface area contributed by atoms with Crippen molar-refractivity contribution in [3.05, 3.63) is 69.1 Å². The third-order valence-electron chi connectivity index (χ3n) is 5.09. The second-order valence-corrected chi connectivity index (χ2v) is 8.28. The SMILES string of the molecule is Cc1cc(C)cc(C2=NN(C(=O)CCCn3cc(C#N)ccc3=O)C(C)(C)C2)c1. The van der Waals surface area contributed by atoms with Gasteiger partial charge in [-0.05, 0) is 45.7 Å². The fourth-order valence-electron chi connectivity index (χ4n) is 3.75. The number of aromatic nitrogens is 1. The van der Waals surface area contributed by atoms with E-state index in [2.05, 4.69) is 37.1 Å². The summed E-state index contributed by atoms with van der Waals surface area (Å²) in [7, 11) is 0. The third-order valence-corrected chi connectivity index (χ3v) is 5.09. The van der Waals surface area contributed by atoms with Crippen LogP contribution in [-0.4, -0.2) is 26.7 Å². The monoisotopic (exact) mass is 390 g/mol. The number of carbonyl (C=O) groups excluding carboxylic acids is 1. The summed E-state index contributed by atoms with van der Waals surface area (Å²) in [6, 6.07) is 11.2. The molecule has 0 radical (unpaired) electrons. The maximum absolute atomic E-state index is 12.8. The van der Waals surface area contributed by atoms with Gasteiger partial charge in [-0.3, -0.25) is 9.59 Å². The smallest absolute Gasteiger partial charge is 0.250 e. The minimum Gasteiger partial charge on any atom is -0.314 e. The average molecular weight is 390 g/mol. The van der Waals surface area contributed by atoms with Gasteiger partial charge in [0.05, 0.1) is 16.8 Å². The zero-order valence-corrected chi connectivity index (χ0v) is 17.4. The summed E-state index contributed by atoms with van der Waals surface area (Å²) in [5.41, 5.74) is 4.21. The van der Waals surface area contributed by atoms with E-state index in [9.17, 15) is 9.59 Å². The van der Waals surface area contributed by atoms with Crippen LogP contribution < -0.4 is 5.56 Å². The Labute approximate surface area is 171 Å². The average Bonchev–Trinajstić information content (AvgIpc) is 2.98. The summed E-state index contributed by atoms with van der Waals surface area (Å²) in [5, 5.41) is 15.2. The van der Waals surface area contributed by atoms with Crippen LogP contribution in [0.3, 0.4) is 0 Å². The molecule has 1 aromatic heterocycles. The van der Waals surface area contributed by atoms with Crippen molar-refractivity contribution in [2.45, 2.75) is 59.0 Å². The van der Waals surface area contributed by atoms with E-state index in [1.165, 1.54) is 34.0 Å². The summed E-state index contributed by atoms with van der Waals surface area (Å²) in [6.07, 6.45) is 3.03. The van der Waals surface area contributed by atoms with Gasteiger partial charge in [-0.25, -0.2) is 5.01 Å². The van der Waals surface area contributed by atoms with Crippen molar-refractivity contribution in [3.63, 3.8) is 0 Å². The third kappa shape index (κ3) is 4.62. The number of nitriles is 1. The molecule has 0 saturated heterocycles. The summed E-state index contributed by atoms with van der Waals surface area (Å²) in [4.78, 5) is 24.8. The molecule has 0 bridgehead atoms. The molecule has 1 amide bonds. The molecule has 0 aliphatic carbocycles. The molecule has 0 atom stereocenters. The number of amides is 1. The number of hydrazone groups is 1. The van der Waals surface area contributed by atoms with Crippen molar-refractivity contribution in [1.29, 1.82) is 5.26 Å². The van der Waals surface area contributed by atoms with Gasteiger partial charge in [0.15, 0.2) is 0 Å². The molecule has 3 rings (SSSR count). The zero-order valence-electron chi connectivity index (χ0n) is 17.4. The number of hydrogen-bond donors (Lipinski definition) is 0. The molecule has 2 aromatic rings. The van der Waals surface area contributed by atoms with Crippen LogP contribution in [-0.2, 0) is 11.3 Å². The second-order valence-electron chi connectivity index (χ2n) is 8.28. The van der Waals surface area contributed by atoms with Gasteiger partial charge in [0, 0.05) is 31.6 Å². The summed E-state index contributed by atoms with van der Waals surface area (Å²) < 4.78 is 1.48. The minimum absolute atomic E-state index is 0.0566. The molecule has 1 aliphatic rings. The Kier molecular flexibility index (Phi) is 5.69. The predicted octanol–water partition coefficient (Wildman–Crippen LogP) is 3.53. The second kappa shape index (κ2) is 8.04. The van der Waals surface area contributed by atoms with Gasteiger partial charge < -0.3 is 4.57 Å². The molecule has 0 saturated carbocycles. The number of pyridine rings is 1. The molecule has 0 fully saturated rings. The molecule has 6 heteroatoms. The number of hydrogen-bond acceptors (Lipinski definition) is 4. The van der Waals surface area contributed by atoms with Gasteiger partial charge in [-0.1, -0.05) is 29.3 Å². The highest BCUT2D eigenvalue weighted by Crippen LogP contribution is 2.30. The van der Waals surface area contributed by atoms with E-state index in [4.69, 9.17) is 5.26 Å². The van der Waals surface area contributed by atoms with Gasteiger partial charge in [-0.15, -0.1) is 0 Å². The van der Waals surface area contributed by atoms with Gasteiger partial charge >= 0.3 is 0 Å². The Hall–Kier alpha value is -3.20. The van der Waals surface area contributed by atoms with E-state index < -0.39 is 0 Å². The molecule has 2 heterocycles. The molecule has 1 aromatic carbocycles. The molecule has 0 spiro atoms. The molecular weight excluding hydrogens is 364 g/mol. The molecule has 150 valence electrons. The predicted molar refractivity (Wildman–Crippen MR) is 113 cm³/mol. The van der Waals surface area contributed by atoms with Crippen LogP contribution in [0.2, 0.25) is 0 Å². The number of benzene rings is 1. The van der Waals surface area contributed by atoms with Crippen molar-refractivity contribution in [1.82, 2.24) is 9.58 Å². The first-order valence-electron chi connectivity index (χ1n) is 9.79. The van der Waals surface area contributed by atoms with Crippen molar-refractivity contribution < 1.29 is 4.79 Å². The van der Waals surface area contributed by atoms with Crippen LogP contribution in [0.1, 0.15) is 55.4 Å². The number of nitrogens with zero attached hydrogens (tertiary/aromatic N) is 4. The lowest BCUT2D eigenvalue weighted by Crippen LogP contribution is -2.40. The summed E-state index contributed by atoms with van der Waals surface area (Å²) >= 11 is 0. The van der Waals surface area contributed by atoms with E-state index >= 15 is 0 Å². The standard InChI is InChI=1S/C23H26N4O2/c1-16-10-17(2)12-19(11-16)20-13-23(3,4)27(25-20)22(29)6-5-9-26-15-18(14-24)7-8-21(26)28/h7-8,10-12,15H,5-6,9,13H2,1-4H3. The van der Waals surface area contributed by atoms with Crippen LogP contribution in [0.4, 0.5) is 0 Å². The highest BCUT2D eigenvalue weighted by atomic mass is 16.2. The highest BCUT2D eigenvalue weighted by Gasteiger charge is 2.38. The van der Waals surface area contributed by atoms with E-state index in [0.29, 0.717) is 24.9 Å². The largest absolute Gasteiger partial charge is 0.314 e. The summed E-state index contributed by atoms with van der Waals surface area (Å²) in [6.45, 7) is 8.55. The van der Waals surface area contributed by atoms with Crippen LogP contribution in [0, 0.1) is 25.2 Å². The van der Waals surface area contributed by atoms with Crippen LogP contribution in [0.15, 0.2) is 46.4 Å². The molecule has 0 N–H and O–H groups in total. The lowest BCUT2D eigenvalue weighted by Gasteiger charge is -2.28. The van der Waals surface area contributed by atoms with Crippen molar-refractivity contribution in [2.24, 2.45) is 5.10 Å². The van der Waals surface area contributed by atoms with E-state index in [1.54, 1.807) is 5.01 Å². The molecule has 1 aliphatic heterocycles. The highest BCUT2D eigenvalue weighted by molar-refractivity contribution is 6.03. The van der Waals surface area contributed by atoms with Crippen LogP contribution in [0.25, 0.3) is 0 Å². The number of carbonyl (C=O) groups is 1. The van der Waals surface area contributed by atoms with E-state index in [0.717, 1.165) is 11.3 Å². The Bertz CT molecular complexity index is 1050. The van der Waals surface area contributed by atoms with Crippen molar-refractivity contribution in [3.8, 4) is 6.07 Å². The van der Waals surface area contributed by atoms with Gasteiger partial charge in [-0.2, -0.15) is 10.4 Å². The fraction of sp³-hybridized carbons (Fsp3) is 0.391. The molecule has 0 unspecified atom stereocenters. The number of rotatable bonds is 5. The van der Waals surface area contributed by atoms with E-state index in [1.807, 2.05) is 19.9 Å². The first kappa shape index (κ1) is 20.5. The first-order chi connectivity index (χ1) is 13.7.